The molecule has 1 heterocycles. The van der Waals surface area contributed by atoms with Crippen molar-refractivity contribution in [3.05, 3.63) is 65.5 Å². The van der Waals surface area contributed by atoms with Gasteiger partial charge in [-0.05, 0) is 34.7 Å². The lowest BCUT2D eigenvalue weighted by molar-refractivity contribution is -0.129. The average molecular weight is 339 g/mol. The highest BCUT2D eigenvalue weighted by Gasteiger charge is 2.15. The summed E-state index contributed by atoms with van der Waals surface area (Å²) in [7, 11) is 1.71. The zero-order valence-corrected chi connectivity index (χ0v) is 15.2. The minimum Gasteiger partial charge on any atom is -0.343 e. The van der Waals surface area contributed by atoms with Crippen LogP contribution in [0.25, 0.3) is 0 Å². The van der Waals surface area contributed by atoms with Crippen LogP contribution in [0.1, 0.15) is 42.3 Å². The van der Waals surface area contributed by atoms with Gasteiger partial charge in [-0.15, -0.1) is 0 Å². The first kappa shape index (κ1) is 18.6. The number of pyridine rings is 1. The van der Waals surface area contributed by atoms with Gasteiger partial charge in [-0.1, -0.05) is 39.0 Å². The predicted octanol–water partition coefficient (Wildman–Crippen LogP) is 2.77. The molecule has 0 saturated carbocycles. The Morgan fingerprint density at radius 3 is 2.36 bits per heavy atom. The Morgan fingerprint density at radius 2 is 1.80 bits per heavy atom. The number of aromatic nitrogens is 1. The SMILES string of the molecule is CN(Cc1cccnc1)C(=O)CNC(=O)c1ccc(C(C)(C)C)cc1. The molecule has 0 radical (unpaired) electrons. The van der Waals surface area contributed by atoms with E-state index in [0.29, 0.717) is 12.1 Å². The third-order valence-electron chi connectivity index (χ3n) is 3.98. The van der Waals surface area contributed by atoms with Crippen LogP contribution in [0.15, 0.2) is 48.8 Å². The molecule has 0 spiro atoms. The standard InChI is InChI=1S/C20H25N3O2/c1-20(2,3)17-9-7-16(8-10-17)19(25)22-13-18(24)23(4)14-15-6-5-11-21-12-15/h5-12H,13-14H2,1-4H3,(H,22,25). The number of carbonyl (C=O) groups is 2. The van der Waals surface area contributed by atoms with E-state index in [9.17, 15) is 9.59 Å². The van der Waals surface area contributed by atoms with Crippen molar-refractivity contribution in [1.29, 1.82) is 0 Å². The molecule has 0 aliphatic rings. The van der Waals surface area contributed by atoms with Crippen LogP contribution < -0.4 is 5.32 Å². The summed E-state index contributed by atoms with van der Waals surface area (Å²) in [6.07, 6.45) is 3.41. The highest BCUT2D eigenvalue weighted by Crippen LogP contribution is 2.22. The molecule has 0 atom stereocenters. The average Bonchev–Trinajstić information content (AvgIpc) is 2.59. The number of hydrogen-bond donors (Lipinski definition) is 1. The topological polar surface area (TPSA) is 62.3 Å². The molecule has 0 unspecified atom stereocenters. The van der Waals surface area contributed by atoms with Crippen molar-refractivity contribution < 1.29 is 9.59 Å². The predicted molar refractivity (Wildman–Crippen MR) is 98.2 cm³/mol. The number of likely N-dealkylation sites (N-methyl/N-ethyl adjacent to an activating group) is 1. The second-order valence-corrected chi connectivity index (χ2v) is 7.12. The Bertz CT molecular complexity index is 719. The van der Waals surface area contributed by atoms with E-state index in [2.05, 4.69) is 31.1 Å². The van der Waals surface area contributed by atoms with Gasteiger partial charge in [0.1, 0.15) is 0 Å². The van der Waals surface area contributed by atoms with Crippen LogP contribution >= 0.6 is 0 Å². The van der Waals surface area contributed by atoms with E-state index < -0.39 is 0 Å². The molecule has 5 nitrogen and oxygen atoms in total. The molecule has 2 rings (SSSR count). The fourth-order valence-corrected chi connectivity index (χ4v) is 2.37. The first-order valence-corrected chi connectivity index (χ1v) is 8.29. The lowest BCUT2D eigenvalue weighted by atomic mass is 9.87. The molecule has 1 aromatic heterocycles. The summed E-state index contributed by atoms with van der Waals surface area (Å²) in [5.74, 6) is -0.396. The van der Waals surface area contributed by atoms with Gasteiger partial charge < -0.3 is 10.2 Å². The molecule has 1 aromatic carbocycles. The number of amides is 2. The van der Waals surface area contributed by atoms with Gasteiger partial charge in [0.25, 0.3) is 5.91 Å². The van der Waals surface area contributed by atoms with E-state index in [1.54, 1.807) is 36.5 Å². The van der Waals surface area contributed by atoms with Crippen molar-refractivity contribution in [2.45, 2.75) is 32.7 Å². The summed E-state index contributed by atoms with van der Waals surface area (Å²) < 4.78 is 0. The van der Waals surface area contributed by atoms with E-state index in [0.717, 1.165) is 11.1 Å². The number of nitrogens with one attached hydrogen (secondary N) is 1. The number of rotatable bonds is 5. The number of benzene rings is 1. The lowest BCUT2D eigenvalue weighted by Crippen LogP contribution is -2.37. The van der Waals surface area contributed by atoms with E-state index in [1.807, 2.05) is 24.3 Å². The number of nitrogens with zero attached hydrogens (tertiary/aromatic N) is 2. The first-order valence-electron chi connectivity index (χ1n) is 8.29. The fraction of sp³-hybridized carbons (Fsp3) is 0.350. The van der Waals surface area contributed by atoms with Crippen molar-refractivity contribution in [1.82, 2.24) is 15.2 Å². The Morgan fingerprint density at radius 1 is 1.12 bits per heavy atom. The van der Waals surface area contributed by atoms with Crippen LogP contribution in [0.2, 0.25) is 0 Å². The monoisotopic (exact) mass is 339 g/mol. The first-order chi connectivity index (χ1) is 11.8. The van der Waals surface area contributed by atoms with Crippen molar-refractivity contribution in [3.8, 4) is 0 Å². The van der Waals surface area contributed by atoms with E-state index >= 15 is 0 Å². The van der Waals surface area contributed by atoms with E-state index in [4.69, 9.17) is 0 Å². The van der Waals surface area contributed by atoms with Crippen LogP contribution in [0, 0.1) is 0 Å². The van der Waals surface area contributed by atoms with Gasteiger partial charge >= 0.3 is 0 Å². The van der Waals surface area contributed by atoms with Crippen LogP contribution in [0.4, 0.5) is 0 Å². The van der Waals surface area contributed by atoms with Gasteiger partial charge in [0.05, 0.1) is 6.54 Å². The molecule has 2 aromatic rings. The minimum atomic E-state index is -0.247. The fourth-order valence-electron chi connectivity index (χ4n) is 2.37. The van der Waals surface area contributed by atoms with Gasteiger partial charge in [0.2, 0.25) is 5.91 Å². The van der Waals surface area contributed by atoms with Crippen molar-refractivity contribution in [2.24, 2.45) is 0 Å². The van der Waals surface area contributed by atoms with Crippen molar-refractivity contribution in [3.63, 3.8) is 0 Å². The normalized spacial score (nSPS) is 11.0. The third-order valence-corrected chi connectivity index (χ3v) is 3.98. The van der Waals surface area contributed by atoms with Crippen molar-refractivity contribution >= 4 is 11.8 Å². The molecule has 132 valence electrons. The number of carbonyl (C=O) groups excluding carboxylic acids is 2. The summed E-state index contributed by atoms with van der Waals surface area (Å²) in [6, 6.07) is 11.2. The second-order valence-electron chi connectivity index (χ2n) is 7.12. The van der Waals surface area contributed by atoms with Crippen LogP contribution in [0.3, 0.4) is 0 Å². The highest BCUT2D eigenvalue weighted by molar-refractivity contribution is 5.96. The minimum absolute atomic E-state index is 0.0311. The van der Waals surface area contributed by atoms with Gasteiger partial charge in [0.15, 0.2) is 0 Å². The molecule has 0 bridgehead atoms. The van der Waals surface area contributed by atoms with Gasteiger partial charge in [-0.2, -0.15) is 0 Å². The Hall–Kier alpha value is -2.69. The zero-order valence-electron chi connectivity index (χ0n) is 15.2. The molecular formula is C20H25N3O2. The maximum Gasteiger partial charge on any atom is 0.251 e. The molecule has 0 aliphatic carbocycles. The summed E-state index contributed by atoms with van der Waals surface area (Å²) in [5.41, 5.74) is 2.70. The van der Waals surface area contributed by atoms with Gasteiger partial charge in [-0.3, -0.25) is 14.6 Å². The van der Waals surface area contributed by atoms with E-state index in [-0.39, 0.29) is 23.8 Å². The zero-order chi connectivity index (χ0) is 18.4. The summed E-state index contributed by atoms with van der Waals surface area (Å²) in [6.45, 7) is 6.80. The summed E-state index contributed by atoms with van der Waals surface area (Å²) in [5, 5.41) is 2.68. The lowest BCUT2D eigenvalue weighted by Gasteiger charge is -2.19. The maximum absolute atomic E-state index is 12.2. The Kier molecular flexibility index (Phi) is 5.91. The molecule has 0 fully saturated rings. The van der Waals surface area contributed by atoms with Gasteiger partial charge in [0, 0.05) is 31.5 Å². The van der Waals surface area contributed by atoms with Crippen LogP contribution in [0.5, 0.6) is 0 Å². The molecule has 25 heavy (non-hydrogen) atoms. The molecular weight excluding hydrogens is 314 g/mol. The second kappa shape index (κ2) is 7.92. The largest absolute Gasteiger partial charge is 0.343 e. The summed E-state index contributed by atoms with van der Waals surface area (Å²) in [4.78, 5) is 30.0. The highest BCUT2D eigenvalue weighted by atomic mass is 16.2. The van der Waals surface area contributed by atoms with E-state index in [1.165, 1.54) is 0 Å². The molecule has 0 saturated heterocycles. The van der Waals surface area contributed by atoms with Crippen LogP contribution in [-0.2, 0) is 16.8 Å². The third kappa shape index (κ3) is 5.41. The maximum atomic E-state index is 12.2. The Labute approximate surface area is 149 Å². The molecule has 1 N–H and O–H groups in total. The Balaban J connectivity index is 1.87. The molecule has 2 amide bonds. The quantitative estimate of drug-likeness (QED) is 0.911. The molecule has 0 aliphatic heterocycles. The molecule has 5 heteroatoms. The summed E-state index contributed by atoms with van der Waals surface area (Å²) >= 11 is 0. The van der Waals surface area contributed by atoms with Crippen molar-refractivity contribution in [2.75, 3.05) is 13.6 Å². The van der Waals surface area contributed by atoms with Gasteiger partial charge in [-0.25, -0.2) is 0 Å². The smallest absolute Gasteiger partial charge is 0.251 e. The van der Waals surface area contributed by atoms with Crippen LogP contribution in [-0.4, -0.2) is 35.3 Å². The number of hydrogen-bond acceptors (Lipinski definition) is 3.